The summed E-state index contributed by atoms with van der Waals surface area (Å²) < 4.78 is 11.1. The Morgan fingerprint density at radius 1 is 1.27 bits per heavy atom. The molecule has 0 aliphatic heterocycles. The largest absolute Gasteiger partial charge is 0.478 e. The Labute approximate surface area is 133 Å². The third-order valence-corrected chi connectivity index (χ3v) is 3.40. The number of rotatable bonds is 10. The molecule has 1 N–H and O–H groups in total. The van der Waals surface area contributed by atoms with Crippen LogP contribution < -0.4 is 10.1 Å². The first-order valence-electron chi connectivity index (χ1n) is 8.10. The van der Waals surface area contributed by atoms with E-state index in [0.717, 1.165) is 19.3 Å². The molecule has 1 rings (SSSR count). The van der Waals surface area contributed by atoms with E-state index in [4.69, 9.17) is 9.47 Å². The van der Waals surface area contributed by atoms with Crippen LogP contribution in [0.15, 0.2) is 18.3 Å². The van der Waals surface area contributed by atoms with Crippen LogP contribution in [0.1, 0.15) is 53.4 Å². The van der Waals surface area contributed by atoms with Crippen molar-refractivity contribution in [2.24, 2.45) is 0 Å². The van der Waals surface area contributed by atoms with Gasteiger partial charge < -0.3 is 14.8 Å². The van der Waals surface area contributed by atoms with Crippen LogP contribution in [0, 0.1) is 0 Å². The van der Waals surface area contributed by atoms with E-state index < -0.39 is 5.60 Å². The normalized spacial score (nSPS) is 13.5. The molecule has 0 spiro atoms. The Hall–Kier alpha value is -1.62. The van der Waals surface area contributed by atoms with Gasteiger partial charge in [0.1, 0.15) is 5.60 Å². The van der Waals surface area contributed by atoms with Crippen molar-refractivity contribution in [3.63, 3.8) is 0 Å². The summed E-state index contributed by atoms with van der Waals surface area (Å²) in [5.74, 6) is 0.428. The van der Waals surface area contributed by atoms with Gasteiger partial charge in [-0.2, -0.15) is 0 Å². The predicted octanol–water partition coefficient (Wildman–Crippen LogP) is 3.79. The monoisotopic (exact) mass is 308 g/mol. The summed E-state index contributed by atoms with van der Waals surface area (Å²) in [6, 6.07) is 3.53. The number of carbonyl (C=O) groups is 1. The quantitative estimate of drug-likeness (QED) is 0.714. The molecule has 0 radical (unpaired) electrons. The average Bonchev–Trinajstić information content (AvgIpc) is 2.53. The molecule has 0 fully saturated rings. The standard InChI is InChI=1S/C17H28N2O3/c1-5-8-11-17(4,22-12-6-2)16(20)19-14-9-10-15(18-13-14)21-7-3/h9-10,13H,5-8,11-12H2,1-4H3,(H,19,20)/t17-/m0/s1. The van der Waals surface area contributed by atoms with Gasteiger partial charge in [-0.3, -0.25) is 4.79 Å². The second kappa shape index (κ2) is 9.41. The van der Waals surface area contributed by atoms with Crippen LogP contribution in [0.5, 0.6) is 5.88 Å². The van der Waals surface area contributed by atoms with E-state index in [1.54, 1.807) is 18.3 Å². The van der Waals surface area contributed by atoms with E-state index in [2.05, 4.69) is 17.2 Å². The minimum absolute atomic E-state index is 0.125. The Balaban J connectivity index is 2.72. The maximum atomic E-state index is 12.6. The fraction of sp³-hybridized carbons (Fsp3) is 0.647. The van der Waals surface area contributed by atoms with Gasteiger partial charge in [-0.05, 0) is 32.8 Å². The molecule has 22 heavy (non-hydrogen) atoms. The number of pyridine rings is 1. The first-order valence-corrected chi connectivity index (χ1v) is 8.10. The topological polar surface area (TPSA) is 60.5 Å². The van der Waals surface area contributed by atoms with E-state index in [1.807, 2.05) is 20.8 Å². The van der Waals surface area contributed by atoms with Crippen molar-refractivity contribution in [1.29, 1.82) is 0 Å². The lowest BCUT2D eigenvalue weighted by Gasteiger charge is -2.28. The fourth-order valence-electron chi connectivity index (χ4n) is 2.04. The van der Waals surface area contributed by atoms with Crippen molar-refractivity contribution in [3.8, 4) is 5.88 Å². The molecule has 1 amide bonds. The van der Waals surface area contributed by atoms with Crippen molar-refractivity contribution < 1.29 is 14.3 Å². The Morgan fingerprint density at radius 2 is 2.05 bits per heavy atom. The Morgan fingerprint density at radius 3 is 2.59 bits per heavy atom. The van der Waals surface area contributed by atoms with Gasteiger partial charge in [0.15, 0.2) is 0 Å². The van der Waals surface area contributed by atoms with Gasteiger partial charge in [0, 0.05) is 12.7 Å². The number of hydrogen-bond acceptors (Lipinski definition) is 4. The minimum atomic E-state index is -0.801. The van der Waals surface area contributed by atoms with Crippen molar-refractivity contribution in [2.45, 2.75) is 59.0 Å². The fourth-order valence-corrected chi connectivity index (χ4v) is 2.04. The molecule has 5 nitrogen and oxygen atoms in total. The van der Waals surface area contributed by atoms with Gasteiger partial charge in [-0.25, -0.2) is 4.98 Å². The smallest absolute Gasteiger partial charge is 0.256 e. The summed E-state index contributed by atoms with van der Waals surface area (Å²) in [6.45, 7) is 9.05. The lowest BCUT2D eigenvalue weighted by atomic mass is 9.97. The zero-order valence-electron chi connectivity index (χ0n) is 14.1. The first-order chi connectivity index (χ1) is 10.6. The molecule has 0 bridgehead atoms. The van der Waals surface area contributed by atoms with Crippen LogP contribution in [-0.2, 0) is 9.53 Å². The molecule has 124 valence electrons. The number of anilines is 1. The molecule has 1 heterocycles. The summed E-state index contributed by atoms with van der Waals surface area (Å²) in [5.41, 5.74) is -0.152. The molecule has 5 heteroatoms. The number of ether oxygens (including phenoxy) is 2. The number of carbonyl (C=O) groups excluding carboxylic acids is 1. The van der Waals surface area contributed by atoms with Crippen LogP contribution in [0.3, 0.4) is 0 Å². The van der Waals surface area contributed by atoms with Gasteiger partial charge >= 0.3 is 0 Å². The average molecular weight is 308 g/mol. The maximum Gasteiger partial charge on any atom is 0.256 e. The summed E-state index contributed by atoms with van der Waals surface area (Å²) >= 11 is 0. The highest BCUT2D eigenvalue weighted by Crippen LogP contribution is 2.22. The van der Waals surface area contributed by atoms with E-state index in [9.17, 15) is 4.79 Å². The van der Waals surface area contributed by atoms with E-state index in [-0.39, 0.29) is 5.91 Å². The van der Waals surface area contributed by atoms with Crippen molar-refractivity contribution in [3.05, 3.63) is 18.3 Å². The van der Waals surface area contributed by atoms with Gasteiger partial charge in [0.2, 0.25) is 5.88 Å². The van der Waals surface area contributed by atoms with Crippen LogP contribution >= 0.6 is 0 Å². The van der Waals surface area contributed by atoms with Gasteiger partial charge in [-0.1, -0.05) is 26.7 Å². The maximum absolute atomic E-state index is 12.6. The van der Waals surface area contributed by atoms with E-state index in [0.29, 0.717) is 31.2 Å². The molecular weight excluding hydrogens is 280 g/mol. The second-order valence-electron chi connectivity index (χ2n) is 5.46. The lowest BCUT2D eigenvalue weighted by Crippen LogP contribution is -2.43. The molecule has 0 aliphatic carbocycles. The number of hydrogen-bond donors (Lipinski definition) is 1. The van der Waals surface area contributed by atoms with Gasteiger partial charge in [0.05, 0.1) is 18.5 Å². The lowest BCUT2D eigenvalue weighted by molar-refractivity contribution is -0.140. The second-order valence-corrected chi connectivity index (χ2v) is 5.46. The first kappa shape index (κ1) is 18.4. The van der Waals surface area contributed by atoms with Crippen molar-refractivity contribution in [2.75, 3.05) is 18.5 Å². The molecule has 0 saturated carbocycles. The molecule has 0 unspecified atom stereocenters. The summed E-state index contributed by atoms with van der Waals surface area (Å²) in [6.07, 6.45) is 5.18. The highest BCUT2D eigenvalue weighted by Gasteiger charge is 2.33. The summed E-state index contributed by atoms with van der Waals surface area (Å²) in [5, 5.41) is 2.89. The molecule has 1 atom stereocenters. The van der Waals surface area contributed by atoms with Crippen molar-refractivity contribution in [1.82, 2.24) is 4.98 Å². The Bertz CT molecular complexity index is 438. The number of unbranched alkanes of at least 4 members (excludes halogenated alkanes) is 1. The molecular formula is C17H28N2O3. The number of nitrogens with one attached hydrogen (secondary N) is 1. The predicted molar refractivity (Wildman–Crippen MR) is 88.2 cm³/mol. The zero-order chi connectivity index (χ0) is 16.4. The molecule has 0 aliphatic rings. The molecule has 0 saturated heterocycles. The third kappa shape index (κ3) is 5.64. The van der Waals surface area contributed by atoms with E-state index in [1.165, 1.54) is 0 Å². The minimum Gasteiger partial charge on any atom is -0.478 e. The van der Waals surface area contributed by atoms with Gasteiger partial charge in [0.25, 0.3) is 5.91 Å². The third-order valence-electron chi connectivity index (χ3n) is 3.40. The number of amides is 1. The van der Waals surface area contributed by atoms with Crippen LogP contribution in [0.25, 0.3) is 0 Å². The van der Waals surface area contributed by atoms with Crippen LogP contribution in [0.4, 0.5) is 5.69 Å². The van der Waals surface area contributed by atoms with E-state index >= 15 is 0 Å². The Kier molecular flexibility index (Phi) is 7.88. The summed E-state index contributed by atoms with van der Waals surface area (Å²) in [4.78, 5) is 16.7. The SMILES string of the molecule is CCCC[C@](C)(OCCC)C(=O)Nc1ccc(OCC)nc1. The van der Waals surface area contributed by atoms with Gasteiger partial charge in [-0.15, -0.1) is 0 Å². The number of nitrogens with zero attached hydrogens (tertiary/aromatic N) is 1. The molecule has 1 aromatic rings. The highest BCUT2D eigenvalue weighted by atomic mass is 16.5. The summed E-state index contributed by atoms with van der Waals surface area (Å²) in [7, 11) is 0. The van der Waals surface area contributed by atoms with Crippen LogP contribution in [-0.4, -0.2) is 29.7 Å². The number of aromatic nitrogens is 1. The van der Waals surface area contributed by atoms with Crippen molar-refractivity contribution >= 4 is 11.6 Å². The zero-order valence-corrected chi connectivity index (χ0v) is 14.1. The molecule has 1 aromatic heterocycles. The van der Waals surface area contributed by atoms with Crippen LogP contribution in [0.2, 0.25) is 0 Å². The molecule has 0 aromatic carbocycles. The highest BCUT2D eigenvalue weighted by molar-refractivity contribution is 5.96.